The summed E-state index contributed by atoms with van der Waals surface area (Å²) in [5, 5.41) is 7.10. The zero-order chi connectivity index (χ0) is 22.5. The molecule has 158 valence electrons. The van der Waals surface area contributed by atoms with Gasteiger partial charge in [-0.05, 0) is 55.0 Å². The van der Waals surface area contributed by atoms with E-state index in [1.165, 1.54) is 0 Å². The molecular weight excluding hydrogens is 422 g/mol. The molecule has 0 atom stereocenters. The van der Waals surface area contributed by atoms with Crippen LogP contribution in [0.25, 0.3) is 17.0 Å². The van der Waals surface area contributed by atoms with Gasteiger partial charge in [-0.25, -0.2) is 0 Å². The van der Waals surface area contributed by atoms with Crippen molar-refractivity contribution in [3.63, 3.8) is 0 Å². The average molecular weight is 442 g/mol. The molecule has 3 aromatic carbocycles. The van der Waals surface area contributed by atoms with Crippen LogP contribution in [-0.4, -0.2) is 16.8 Å². The second kappa shape index (κ2) is 9.45. The fourth-order valence-electron chi connectivity index (χ4n) is 3.18. The Labute approximate surface area is 190 Å². The van der Waals surface area contributed by atoms with Crippen LogP contribution >= 0.6 is 11.6 Å². The van der Waals surface area contributed by atoms with Crippen molar-refractivity contribution in [1.82, 2.24) is 10.3 Å². The molecule has 4 rings (SSSR count). The number of fused-ring (bicyclic) bond motifs is 1. The van der Waals surface area contributed by atoms with Gasteiger partial charge in [-0.2, -0.15) is 0 Å². The summed E-state index contributed by atoms with van der Waals surface area (Å²) >= 11 is 5.97. The highest BCUT2D eigenvalue weighted by Crippen LogP contribution is 2.21. The highest BCUT2D eigenvalue weighted by molar-refractivity contribution is 6.30. The molecular formula is C26H20ClN3O2. The van der Waals surface area contributed by atoms with Crippen LogP contribution in [0.15, 0.2) is 90.8 Å². The third-order valence-electron chi connectivity index (χ3n) is 4.87. The molecule has 0 aliphatic heterocycles. The summed E-state index contributed by atoms with van der Waals surface area (Å²) in [5.41, 5.74) is 3.54. The average Bonchev–Trinajstić information content (AvgIpc) is 2.80. The summed E-state index contributed by atoms with van der Waals surface area (Å²) in [6.07, 6.45) is 3.28. The summed E-state index contributed by atoms with van der Waals surface area (Å²) < 4.78 is 0. The molecule has 5 nitrogen and oxygen atoms in total. The van der Waals surface area contributed by atoms with Crippen molar-refractivity contribution in [1.29, 1.82) is 0 Å². The smallest absolute Gasteiger partial charge is 0.272 e. The topological polar surface area (TPSA) is 71.1 Å². The zero-order valence-electron chi connectivity index (χ0n) is 17.3. The number of aromatic nitrogens is 1. The van der Waals surface area contributed by atoms with Crippen LogP contribution in [0.3, 0.4) is 0 Å². The number of hydrogen-bond acceptors (Lipinski definition) is 3. The fraction of sp³-hybridized carbons (Fsp3) is 0.0385. The Kier molecular flexibility index (Phi) is 6.29. The van der Waals surface area contributed by atoms with Crippen LogP contribution in [0.4, 0.5) is 5.69 Å². The third-order valence-corrected chi connectivity index (χ3v) is 5.12. The molecule has 0 aliphatic rings. The van der Waals surface area contributed by atoms with Crippen molar-refractivity contribution in [3.8, 4) is 0 Å². The number of para-hydroxylation sites is 1. The van der Waals surface area contributed by atoms with Gasteiger partial charge in [0.05, 0.1) is 11.2 Å². The minimum atomic E-state index is -0.460. The molecule has 2 N–H and O–H groups in total. The first-order valence-corrected chi connectivity index (χ1v) is 10.4. The summed E-state index contributed by atoms with van der Waals surface area (Å²) in [5.74, 6) is -0.838. The predicted octanol–water partition coefficient (Wildman–Crippen LogP) is 5.61. The van der Waals surface area contributed by atoms with Gasteiger partial charge in [-0.1, -0.05) is 59.6 Å². The van der Waals surface area contributed by atoms with Crippen molar-refractivity contribution >= 4 is 46.1 Å². The third kappa shape index (κ3) is 5.02. The lowest BCUT2D eigenvalue weighted by atomic mass is 10.1. The summed E-state index contributed by atoms with van der Waals surface area (Å²) in [6, 6.07) is 23.4. The maximum Gasteiger partial charge on any atom is 0.272 e. The predicted molar refractivity (Wildman–Crippen MR) is 128 cm³/mol. The lowest BCUT2D eigenvalue weighted by molar-refractivity contribution is -0.113. The number of pyridine rings is 1. The first-order chi connectivity index (χ1) is 15.5. The van der Waals surface area contributed by atoms with Crippen LogP contribution in [0, 0.1) is 6.92 Å². The number of benzene rings is 3. The van der Waals surface area contributed by atoms with Gasteiger partial charge < -0.3 is 10.6 Å². The molecule has 0 saturated heterocycles. The first kappa shape index (κ1) is 21.3. The Morgan fingerprint density at radius 2 is 1.62 bits per heavy atom. The molecule has 0 radical (unpaired) electrons. The highest BCUT2D eigenvalue weighted by atomic mass is 35.5. The molecule has 4 aromatic rings. The van der Waals surface area contributed by atoms with Crippen LogP contribution < -0.4 is 10.6 Å². The number of nitrogens with one attached hydrogen (secondary N) is 2. The monoisotopic (exact) mass is 441 g/mol. The van der Waals surface area contributed by atoms with Gasteiger partial charge in [0.15, 0.2) is 0 Å². The lowest BCUT2D eigenvalue weighted by Crippen LogP contribution is -2.30. The molecule has 1 aromatic heterocycles. The van der Waals surface area contributed by atoms with E-state index in [0.717, 1.165) is 16.5 Å². The number of nitrogens with zero attached hydrogens (tertiary/aromatic N) is 1. The van der Waals surface area contributed by atoms with Crippen molar-refractivity contribution in [3.05, 3.63) is 112 Å². The molecule has 32 heavy (non-hydrogen) atoms. The molecule has 0 bridgehead atoms. The number of anilines is 1. The normalized spacial score (nSPS) is 11.2. The van der Waals surface area contributed by atoms with Gasteiger partial charge >= 0.3 is 0 Å². The second-order valence-electron chi connectivity index (χ2n) is 7.26. The van der Waals surface area contributed by atoms with Gasteiger partial charge in [0.2, 0.25) is 0 Å². The minimum Gasteiger partial charge on any atom is -0.319 e. The van der Waals surface area contributed by atoms with E-state index >= 15 is 0 Å². The fourth-order valence-corrected chi connectivity index (χ4v) is 3.30. The molecule has 0 aliphatic carbocycles. The summed E-state index contributed by atoms with van der Waals surface area (Å²) in [6.45, 7) is 1.94. The highest BCUT2D eigenvalue weighted by Gasteiger charge is 2.16. The SMILES string of the molecule is Cc1ccc(C(=O)NC(=Cc2ccc(Cl)cc2)C(=O)Nc2cccc3cccnc23)cc1. The summed E-state index contributed by atoms with van der Waals surface area (Å²) in [4.78, 5) is 30.4. The van der Waals surface area contributed by atoms with E-state index in [0.29, 0.717) is 21.8 Å². The molecule has 1 heterocycles. The molecule has 0 saturated carbocycles. The van der Waals surface area contributed by atoms with E-state index in [1.54, 1.807) is 54.7 Å². The van der Waals surface area contributed by atoms with Gasteiger partial charge in [0.1, 0.15) is 5.70 Å². The van der Waals surface area contributed by atoms with Crippen LogP contribution in [0.1, 0.15) is 21.5 Å². The largest absolute Gasteiger partial charge is 0.319 e. The van der Waals surface area contributed by atoms with Crippen molar-refractivity contribution < 1.29 is 9.59 Å². The summed E-state index contributed by atoms with van der Waals surface area (Å²) in [7, 11) is 0. The number of aryl methyl sites for hydroxylation is 1. The molecule has 0 fully saturated rings. The number of rotatable bonds is 5. The van der Waals surface area contributed by atoms with Crippen molar-refractivity contribution in [2.75, 3.05) is 5.32 Å². The van der Waals surface area contributed by atoms with Crippen LogP contribution in [0.2, 0.25) is 5.02 Å². The Morgan fingerprint density at radius 1 is 0.906 bits per heavy atom. The van der Waals surface area contributed by atoms with E-state index in [4.69, 9.17) is 11.6 Å². The van der Waals surface area contributed by atoms with Crippen LogP contribution in [-0.2, 0) is 4.79 Å². The maximum absolute atomic E-state index is 13.2. The van der Waals surface area contributed by atoms with Gasteiger partial charge in [0.25, 0.3) is 11.8 Å². The Balaban J connectivity index is 1.66. The first-order valence-electron chi connectivity index (χ1n) is 10.00. The Hall–Kier alpha value is -3.96. The van der Waals surface area contributed by atoms with E-state index < -0.39 is 5.91 Å². The van der Waals surface area contributed by atoms with Gasteiger partial charge in [0, 0.05) is 22.2 Å². The number of carbonyl (C=O) groups excluding carboxylic acids is 2. The number of carbonyl (C=O) groups is 2. The second-order valence-corrected chi connectivity index (χ2v) is 7.70. The molecule has 0 unspecified atom stereocenters. The maximum atomic E-state index is 13.2. The van der Waals surface area contributed by atoms with Crippen LogP contribution in [0.5, 0.6) is 0 Å². The number of hydrogen-bond donors (Lipinski definition) is 2. The lowest BCUT2D eigenvalue weighted by Gasteiger charge is -2.13. The van der Waals surface area contributed by atoms with Crippen molar-refractivity contribution in [2.45, 2.75) is 6.92 Å². The van der Waals surface area contributed by atoms with E-state index in [1.807, 2.05) is 43.3 Å². The van der Waals surface area contributed by atoms with Crippen molar-refractivity contribution in [2.24, 2.45) is 0 Å². The van der Waals surface area contributed by atoms with E-state index in [2.05, 4.69) is 15.6 Å². The number of amides is 2. The molecule has 0 spiro atoms. The zero-order valence-corrected chi connectivity index (χ0v) is 18.1. The van der Waals surface area contributed by atoms with Gasteiger partial charge in [-0.3, -0.25) is 14.6 Å². The standard InChI is InChI=1S/C26H20ClN3O2/c1-17-7-11-20(12-8-17)25(31)30-23(16-18-9-13-21(27)14-10-18)26(32)29-22-6-2-4-19-5-3-15-28-24(19)22/h2-16H,1H3,(H,29,32)(H,30,31). The molecule has 6 heteroatoms. The molecule has 2 amide bonds. The quantitative estimate of drug-likeness (QED) is 0.395. The number of halogens is 1. The Morgan fingerprint density at radius 3 is 2.38 bits per heavy atom. The minimum absolute atomic E-state index is 0.103. The van der Waals surface area contributed by atoms with E-state index in [9.17, 15) is 9.59 Å². The van der Waals surface area contributed by atoms with E-state index in [-0.39, 0.29) is 11.6 Å². The Bertz CT molecular complexity index is 1310. The van der Waals surface area contributed by atoms with Gasteiger partial charge in [-0.15, -0.1) is 0 Å².